The summed E-state index contributed by atoms with van der Waals surface area (Å²) in [7, 11) is 0. The molecule has 0 radical (unpaired) electrons. The van der Waals surface area contributed by atoms with Crippen LogP contribution in [-0.4, -0.2) is 49.3 Å². The number of aromatic nitrogens is 1. The molecule has 1 aliphatic heterocycles. The zero-order valence-electron chi connectivity index (χ0n) is 18.0. The topological polar surface area (TPSA) is 34.6 Å². The Morgan fingerprint density at radius 3 is 2.60 bits per heavy atom. The van der Waals surface area contributed by atoms with Gasteiger partial charge in [-0.1, -0.05) is 43.7 Å². The summed E-state index contributed by atoms with van der Waals surface area (Å²) in [4.78, 5) is 7.08. The van der Waals surface area contributed by atoms with Crippen LogP contribution in [0.15, 0.2) is 54.7 Å². The number of benzene rings is 2. The Bertz CT molecular complexity index is 933. The number of unbranched alkanes of at least 4 members (excludes halogenated alkanes) is 1. The van der Waals surface area contributed by atoms with Gasteiger partial charge in [0.1, 0.15) is 12.4 Å². The molecule has 2 aromatic carbocycles. The minimum absolute atomic E-state index is 0.695. The molecule has 30 heavy (non-hydrogen) atoms. The van der Waals surface area contributed by atoms with E-state index in [-0.39, 0.29) is 0 Å². The van der Waals surface area contributed by atoms with Crippen LogP contribution in [0.2, 0.25) is 0 Å². The van der Waals surface area contributed by atoms with Crippen molar-refractivity contribution in [2.24, 2.45) is 0 Å². The monoisotopic (exact) mass is 404 g/mol. The molecule has 0 saturated carbocycles. The fourth-order valence-corrected chi connectivity index (χ4v) is 3.95. The highest BCUT2D eigenvalue weighted by molar-refractivity contribution is 5.86. The van der Waals surface area contributed by atoms with E-state index in [9.17, 15) is 0 Å². The Morgan fingerprint density at radius 1 is 1.00 bits per heavy atom. The van der Waals surface area contributed by atoms with Crippen LogP contribution < -0.4 is 4.74 Å². The number of pyridine rings is 1. The van der Waals surface area contributed by atoms with Crippen LogP contribution in [0.3, 0.4) is 0 Å². The van der Waals surface area contributed by atoms with E-state index in [1.54, 1.807) is 0 Å². The van der Waals surface area contributed by atoms with Gasteiger partial charge < -0.3 is 9.47 Å². The van der Waals surface area contributed by atoms with Gasteiger partial charge in [-0.15, -0.1) is 0 Å². The van der Waals surface area contributed by atoms with Crippen LogP contribution in [-0.2, 0) is 17.6 Å². The van der Waals surface area contributed by atoms with Crippen molar-refractivity contribution in [2.75, 3.05) is 39.5 Å². The predicted octanol–water partition coefficient (Wildman–Crippen LogP) is 4.88. The fourth-order valence-electron chi connectivity index (χ4n) is 3.95. The Morgan fingerprint density at radius 2 is 1.80 bits per heavy atom. The molecule has 0 unspecified atom stereocenters. The Kier molecular flexibility index (Phi) is 7.33. The summed E-state index contributed by atoms with van der Waals surface area (Å²) in [6.45, 7) is 7.50. The average molecular weight is 405 g/mol. The number of ether oxygens (including phenoxy) is 2. The highest BCUT2D eigenvalue weighted by Gasteiger charge is 2.10. The molecular formula is C26H32N2O2. The van der Waals surface area contributed by atoms with Crippen LogP contribution in [0.4, 0.5) is 0 Å². The molecule has 1 aromatic heterocycles. The molecule has 3 aromatic rings. The number of morpholine rings is 1. The van der Waals surface area contributed by atoms with Gasteiger partial charge >= 0.3 is 0 Å². The standard InChI is InChI=1S/C26H32N2O2/c1-2-3-4-21-5-7-22(8-6-21)19-26-25-20-24(10-9-23(25)11-12-27-26)30-18-15-28-13-16-29-17-14-28/h5-12,20H,2-4,13-19H2,1H3. The molecule has 1 saturated heterocycles. The quantitative estimate of drug-likeness (QED) is 0.509. The van der Waals surface area contributed by atoms with Gasteiger partial charge in [0.05, 0.1) is 18.9 Å². The number of aryl methyl sites for hydroxylation is 1. The summed E-state index contributed by atoms with van der Waals surface area (Å²) in [6, 6.07) is 17.4. The van der Waals surface area contributed by atoms with E-state index >= 15 is 0 Å². The van der Waals surface area contributed by atoms with Gasteiger partial charge in [-0.2, -0.15) is 0 Å². The molecule has 1 aliphatic rings. The van der Waals surface area contributed by atoms with Crippen molar-refractivity contribution in [3.63, 3.8) is 0 Å². The van der Waals surface area contributed by atoms with Gasteiger partial charge in [-0.3, -0.25) is 9.88 Å². The van der Waals surface area contributed by atoms with Gasteiger partial charge in [0.15, 0.2) is 0 Å². The summed E-state index contributed by atoms with van der Waals surface area (Å²) in [6.07, 6.45) is 6.39. The normalized spacial score (nSPS) is 14.8. The van der Waals surface area contributed by atoms with Crippen molar-refractivity contribution in [1.82, 2.24) is 9.88 Å². The van der Waals surface area contributed by atoms with E-state index in [4.69, 9.17) is 14.5 Å². The minimum Gasteiger partial charge on any atom is -0.492 e. The van der Waals surface area contributed by atoms with Gasteiger partial charge in [0.25, 0.3) is 0 Å². The maximum atomic E-state index is 6.07. The van der Waals surface area contributed by atoms with Crippen LogP contribution in [0.5, 0.6) is 5.75 Å². The Balaban J connectivity index is 1.43. The highest BCUT2D eigenvalue weighted by Crippen LogP contribution is 2.25. The molecule has 4 rings (SSSR count). The lowest BCUT2D eigenvalue weighted by Crippen LogP contribution is -2.38. The van der Waals surface area contributed by atoms with Crippen LogP contribution in [0.25, 0.3) is 10.8 Å². The average Bonchev–Trinajstić information content (AvgIpc) is 2.80. The summed E-state index contributed by atoms with van der Waals surface area (Å²) < 4.78 is 11.5. The van der Waals surface area contributed by atoms with Crippen molar-refractivity contribution in [3.8, 4) is 5.75 Å². The zero-order chi connectivity index (χ0) is 20.6. The van der Waals surface area contributed by atoms with E-state index in [1.165, 1.54) is 34.7 Å². The first-order chi connectivity index (χ1) is 14.8. The third-order valence-electron chi connectivity index (χ3n) is 5.81. The summed E-state index contributed by atoms with van der Waals surface area (Å²) >= 11 is 0. The molecular weight excluding hydrogens is 372 g/mol. The Hall–Kier alpha value is -2.43. The first-order valence-corrected chi connectivity index (χ1v) is 11.2. The van der Waals surface area contributed by atoms with Crippen LogP contribution in [0.1, 0.15) is 36.6 Å². The summed E-state index contributed by atoms with van der Waals surface area (Å²) in [5.41, 5.74) is 3.82. The SMILES string of the molecule is CCCCc1ccc(Cc2nccc3ccc(OCCN4CCOCC4)cc23)cc1. The molecule has 1 fully saturated rings. The number of rotatable bonds is 9. The van der Waals surface area contributed by atoms with E-state index in [1.807, 2.05) is 6.20 Å². The fraction of sp³-hybridized carbons (Fsp3) is 0.423. The highest BCUT2D eigenvalue weighted by atomic mass is 16.5. The molecule has 0 aliphatic carbocycles. The zero-order valence-corrected chi connectivity index (χ0v) is 18.0. The van der Waals surface area contributed by atoms with Crippen molar-refractivity contribution in [3.05, 3.63) is 71.5 Å². The minimum atomic E-state index is 0.695. The van der Waals surface area contributed by atoms with Crippen molar-refractivity contribution < 1.29 is 9.47 Å². The second-order valence-electron chi connectivity index (χ2n) is 8.04. The van der Waals surface area contributed by atoms with Gasteiger partial charge in [-0.05, 0) is 47.6 Å². The summed E-state index contributed by atoms with van der Waals surface area (Å²) in [5.74, 6) is 0.917. The van der Waals surface area contributed by atoms with Crippen molar-refractivity contribution in [2.45, 2.75) is 32.6 Å². The van der Waals surface area contributed by atoms with Crippen LogP contribution in [0, 0.1) is 0 Å². The van der Waals surface area contributed by atoms with Gasteiger partial charge in [0, 0.05) is 37.6 Å². The van der Waals surface area contributed by atoms with Gasteiger partial charge in [0.2, 0.25) is 0 Å². The number of hydrogen-bond donors (Lipinski definition) is 0. The third-order valence-corrected chi connectivity index (χ3v) is 5.81. The second-order valence-corrected chi connectivity index (χ2v) is 8.04. The maximum Gasteiger partial charge on any atom is 0.120 e. The Labute approximate surface area is 179 Å². The van der Waals surface area contributed by atoms with Crippen molar-refractivity contribution in [1.29, 1.82) is 0 Å². The number of nitrogens with zero attached hydrogens (tertiary/aromatic N) is 2. The number of fused-ring (bicyclic) bond motifs is 1. The molecule has 4 nitrogen and oxygen atoms in total. The van der Waals surface area contributed by atoms with Crippen LogP contribution >= 0.6 is 0 Å². The van der Waals surface area contributed by atoms with E-state index in [2.05, 4.69) is 60.4 Å². The van der Waals surface area contributed by atoms with Crippen molar-refractivity contribution >= 4 is 10.8 Å². The molecule has 2 heterocycles. The first-order valence-electron chi connectivity index (χ1n) is 11.2. The maximum absolute atomic E-state index is 6.07. The number of hydrogen-bond acceptors (Lipinski definition) is 4. The first kappa shape index (κ1) is 20.8. The summed E-state index contributed by atoms with van der Waals surface area (Å²) in [5, 5.41) is 2.39. The van der Waals surface area contributed by atoms with E-state index in [0.717, 1.165) is 57.1 Å². The largest absolute Gasteiger partial charge is 0.492 e. The lowest BCUT2D eigenvalue weighted by Gasteiger charge is -2.26. The van der Waals surface area contributed by atoms with E-state index < -0.39 is 0 Å². The predicted molar refractivity (Wildman–Crippen MR) is 122 cm³/mol. The lowest BCUT2D eigenvalue weighted by molar-refractivity contribution is 0.0322. The molecule has 0 N–H and O–H groups in total. The third kappa shape index (κ3) is 5.59. The van der Waals surface area contributed by atoms with E-state index in [0.29, 0.717) is 6.61 Å². The molecule has 0 atom stereocenters. The lowest BCUT2D eigenvalue weighted by atomic mass is 10.0. The smallest absolute Gasteiger partial charge is 0.120 e. The molecule has 0 spiro atoms. The molecule has 4 heteroatoms. The molecule has 0 amide bonds. The molecule has 158 valence electrons. The van der Waals surface area contributed by atoms with Gasteiger partial charge in [-0.25, -0.2) is 0 Å². The second kappa shape index (κ2) is 10.6. The molecule has 0 bridgehead atoms.